The normalized spacial score (nSPS) is 16.5. The van der Waals surface area contributed by atoms with Crippen molar-refractivity contribution in [1.29, 1.82) is 0 Å². The Balaban J connectivity index is 2.50. The molecule has 9 N–H and O–H groups in total. The average Bonchev–Trinajstić information content (AvgIpc) is 3.41. The van der Waals surface area contributed by atoms with Gasteiger partial charge in [0.2, 0.25) is 41.4 Å². The minimum atomic E-state index is -1.21. The Labute approximate surface area is 225 Å². The van der Waals surface area contributed by atoms with Crippen molar-refractivity contribution in [1.82, 2.24) is 37.2 Å². The number of hydrogen-bond donors (Lipinski definition) is 8. The largest absolute Gasteiger partial charge is 0.370 e. The van der Waals surface area contributed by atoms with Crippen LogP contribution >= 0.6 is 0 Å². The van der Waals surface area contributed by atoms with Gasteiger partial charge in [0.25, 0.3) is 0 Å². The highest BCUT2D eigenvalue weighted by Crippen LogP contribution is 2.04. The van der Waals surface area contributed by atoms with Gasteiger partial charge in [-0.3, -0.25) is 38.4 Å². The molecule has 0 bridgehead atoms. The molecular formula is C23H38N8O8. The molecule has 4 unspecified atom stereocenters. The molecule has 0 radical (unpaired) electrons. The fourth-order valence-corrected chi connectivity index (χ4v) is 3.36. The molecule has 1 aliphatic heterocycles. The second-order valence-electron chi connectivity index (χ2n) is 9.12. The highest BCUT2D eigenvalue weighted by Gasteiger charge is 2.25. The van der Waals surface area contributed by atoms with Crippen LogP contribution in [0.15, 0.2) is 0 Å². The van der Waals surface area contributed by atoms with Crippen molar-refractivity contribution in [2.45, 2.75) is 70.6 Å². The monoisotopic (exact) mass is 554 g/mol. The molecule has 0 saturated carbocycles. The van der Waals surface area contributed by atoms with Crippen molar-refractivity contribution < 1.29 is 38.4 Å². The van der Waals surface area contributed by atoms with Gasteiger partial charge in [0, 0.05) is 6.42 Å². The van der Waals surface area contributed by atoms with Crippen LogP contribution in [0, 0.1) is 0 Å². The van der Waals surface area contributed by atoms with Crippen LogP contribution in [0.5, 0.6) is 0 Å². The molecule has 0 aliphatic carbocycles. The molecule has 39 heavy (non-hydrogen) atoms. The third-order valence-corrected chi connectivity index (χ3v) is 5.74. The lowest BCUT2D eigenvalue weighted by atomic mass is 10.1. The summed E-state index contributed by atoms with van der Waals surface area (Å²) in [6, 6.07) is -3.37. The van der Waals surface area contributed by atoms with Gasteiger partial charge < -0.3 is 43.0 Å². The maximum Gasteiger partial charge on any atom is 0.243 e. The Morgan fingerprint density at radius 2 is 1.33 bits per heavy atom. The Morgan fingerprint density at radius 1 is 0.795 bits per heavy atom. The van der Waals surface area contributed by atoms with E-state index in [9.17, 15) is 38.4 Å². The topological polar surface area (TPSA) is 247 Å². The van der Waals surface area contributed by atoms with Crippen molar-refractivity contribution in [2.75, 3.05) is 26.2 Å². The number of hydrogen-bond acceptors (Lipinski definition) is 9. The van der Waals surface area contributed by atoms with E-state index in [1.807, 2.05) is 0 Å². The van der Waals surface area contributed by atoms with Crippen LogP contribution in [0.2, 0.25) is 0 Å². The Bertz CT molecular complexity index is 950. The highest BCUT2D eigenvalue weighted by atomic mass is 16.2. The molecule has 16 nitrogen and oxygen atoms in total. The van der Waals surface area contributed by atoms with E-state index >= 15 is 0 Å². The fourth-order valence-electron chi connectivity index (χ4n) is 3.36. The van der Waals surface area contributed by atoms with Gasteiger partial charge in [-0.2, -0.15) is 0 Å². The standard InChI is InChI=1S/C23H38N8O8/c1-12(14(3)32)29-18(34)9-26-21(37)13(2)30-19(35)10-28-23(39)16(6-7-17(24)33)31-20(36)11-27-22(38)15-5-4-8-25-15/h12-13,15-16,25H,4-11H2,1-3H3,(H2,24,33)(H,26,37)(H,27,38)(H,28,39)(H,29,34)(H,30,35)(H,31,36). The molecular weight excluding hydrogens is 516 g/mol. The van der Waals surface area contributed by atoms with E-state index in [4.69, 9.17) is 5.73 Å². The van der Waals surface area contributed by atoms with Gasteiger partial charge in [-0.15, -0.1) is 0 Å². The number of rotatable bonds is 16. The van der Waals surface area contributed by atoms with Crippen LogP contribution in [-0.2, 0) is 38.4 Å². The minimum absolute atomic E-state index is 0.143. The van der Waals surface area contributed by atoms with Gasteiger partial charge in [0.15, 0.2) is 5.78 Å². The van der Waals surface area contributed by atoms with Crippen LogP contribution in [0.25, 0.3) is 0 Å². The predicted octanol–water partition coefficient (Wildman–Crippen LogP) is -4.56. The molecule has 7 amide bonds. The number of ketones is 1. The van der Waals surface area contributed by atoms with Crippen molar-refractivity contribution >= 4 is 47.1 Å². The number of nitrogens with two attached hydrogens (primary N) is 1. The van der Waals surface area contributed by atoms with Gasteiger partial charge in [-0.25, -0.2) is 0 Å². The van der Waals surface area contributed by atoms with Crippen molar-refractivity contribution in [3.8, 4) is 0 Å². The fraction of sp³-hybridized carbons (Fsp3) is 0.652. The first kappa shape index (κ1) is 32.9. The second-order valence-corrected chi connectivity index (χ2v) is 9.12. The first-order valence-electron chi connectivity index (χ1n) is 12.5. The molecule has 1 fully saturated rings. The van der Waals surface area contributed by atoms with Gasteiger partial charge in [0.1, 0.15) is 12.1 Å². The van der Waals surface area contributed by atoms with Crippen molar-refractivity contribution in [3.05, 3.63) is 0 Å². The number of Topliss-reactive ketones (excluding diaryl/α,β-unsaturated/α-hetero) is 1. The van der Waals surface area contributed by atoms with Crippen molar-refractivity contribution in [2.24, 2.45) is 5.73 Å². The summed E-state index contributed by atoms with van der Waals surface area (Å²) < 4.78 is 0. The molecule has 0 spiro atoms. The second kappa shape index (κ2) is 16.7. The number of carbonyl (C=O) groups is 8. The lowest BCUT2D eigenvalue weighted by molar-refractivity contribution is -0.132. The zero-order chi connectivity index (χ0) is 29.5. The summed E-state index contributed by atoms with van der Waals surface area (Å²) >= 11 is 0. The van der Waals surface area contributed by atoms with Gasteiger partial charge in [0.05, 0.1) is 31.7 Å². The summed E-state index contributed by atoms with van der Waals surface area (Å²) in [7, 11) is 0. The lowest BCUT2D eigenvalue weighted by Crippen LogP contribution is -2.53. The van der Waals surface area contributed by atoms with Crippen LogP contribution in [0.4, 0.5) is 0 Å². The molecule has 0 aromatic rings. The van der Waals surface area contributed by atoms with E-state index in [1.165, 1.54) is 20.8 Å². The summed E-state index contributed by atoms with van der Waals surface area (Å²) in [5.41, 5.74) is 5.14. The van der Waals surface area contributed by atoms with E-state index in [2.05, 4.69) is 37.2 Å². The highest BCUT2D eigenvalue weighted by molar-refractivity contribution is 5.95. The van der Waals surface area contributed by atoms with E-state index in [1.54, 1.807) is 0 Å². The maximum atomic E-state index is 12.6. The predicted molar refractivity (Wildman–Crippen MR) is 136 cm³/mol. The summed E-state index contributed by atoms with van der Waals surface area (Å²) in [4.78, 5) is 95.3. The number of primary amides is 1. The zero-order valence-corrected chi connectivity index (χ0v) is 22.3. The van der Waals surface area contributed by atoms with E-state index in [-0.39, 0.29) is 30.6 Å². The van der Waals surface area contributed by atoms with Crippen molar-refractivity contribution in [3.63, 3.8) is 0 Å². The number of carbonyl (C=O) groups excluding carboxylic acids is 8. The molecule has 0 aromatic heterocycles. The van der Waals surface area contributed by atoms with Crippen LogP contribution < -0.4 is 43.0 Å². The summed E-state index contributed by atoms with van der Waals surface area (Å²) in [6.07, 6.45) is 1.12. The van der Waals surface area contributed by atoms with E-state index in [0.717, 1.165) is 6.42 Å². The molecule has 1 aliphatic rings. The van der Waals surface area contributed by atoms with Gasteiger partial charge in [-0.1, -0.05) is 0 Å². The van der Waals surface area contributed by atoms with Crippen LogP contribution in [0.3, 0.4) is 0 Å². The quantitative estimate of drug-likeness (QED) is 0.0913. The maximum absolute atomic E-state index is 12.6. The third kappa shape index (κ3) is 13.3. The molecule has 16 heteroatoms. The molecule has 4 atom stereocenters. The Morgan fingerprint density at radius 3 is 1.87 bits per heavy atom. The summed E-state index contributed by atoms with van der Waals surface area (Å²) in [6.45, 7) is 3.51. The summed E-state index contributed by atoms with van der Waals surface area (Å²) in [5, 5.41) is 17.2. The van der Waals surface area contributed by atoms with E-state index in [0.29, 0.717) is 13.0 Å². The lowest BCUT2D eigenvalue weighted by Gasteiger charge is -2.19. The molecule has 218 valence electrons. The first-order chi connectivity index (χ1) is 18.3. The number of amides is 7. The van der Waals surface area contributed by atoms with Crippen LogP contribution in [0.1, 0.15) is 46.5 Å². The molecule has 1 heterocycles. The van der Waals surface area contributed by atoms with E-state index < -0.39 is 73.2 Å². The third-order valence-electron chi connectivity index (χ3n) is 5.74. The van der Waals surface area contributed by atoms with Gasteiger partial charge >= 0.3 is 0 Å². The molecule has 1 saturated heterocycles. The first-order valence-corrected chi connectivity index (χ1v) is 12.5. The smallest absolute Gasteiger partial charge is 0.243 e. The molecule has 0 aromatic carbocycles. The van der Waals surface area contributed by atoms with Crippen LogP contribution in [-0.4, -0.2) is 97.5 Å². The number of nitrogens with one attached hydrogen (secondary N) is 7. The van der Waals surface area contributed by atoms with Gasteiger partial charge in [-0.05, 0) is 46.6 Å². The SMILES string of the molecule is CC(=O)C(C)NC(=O)CNC(=O)C(C)NC(=O)CNC(=O)C(CCC(N)=O)NC(=O)CNC(=O)C1CCCN1. The Kier molecular flexibility index (Phi) is 14.1. The average molecular weight is 555 g/mol. The minimum Gasteiger partial charge on any atom is -0.370 e. The molecule has 1 rings (SSSR count). The Hall–Kier alpha value is -4.08. The summed E-state index contributed by atoms with van der Waals surface area (Å²) in [5.74, 6) is -4.77. The zero-order valence-electron chi connectivity index (χ0n) is 22.3.